The number of rotatable bonds is 21. The molecule has 1 unspecified atom stereocenters. The van der Waals surface area contributed by atoms with Gasteiger partial charge in [-0.25, -0.2) is 0 Å². The summed E-state index contributed by atoms with van der Waals surface area (Å²) in [7, 11) is 3.00. The average molecular weight is 439 g/mol. The van der Waals surface area contributed by atoms with Crippen LogP contribution in [0.1, 0.15) is 129 Å². The van der Waals surface area contributed by atoms with E-state index >= 15 is 0 Å². The summed E-state index contributed by atoms with van der Waals surface area (Å²) in [6.07, 6.45) is 13.5. The van der Waals surface area contributed by atoms with Crippen molar-refractivity contribution in [3.63, 3.8) is 0 Å². The molecule has 0 aliphatic rings. The fourth-order valence-electron chi connectivity index (χ4n) is 4.42. The molecule has 0 fully saturated rings. The van der Waals surface area contributed by atoms with E-state index in [9.17, 15) is 13.2 Å². The molecule has 0 bridgehead atoms. The van der Waals surface area contributed by atoms with Crippen LogP contribution in [0.15, 0.2) is 0 Å². The molecule has 0 N–H and O–H groups in total. The molecule has 0 amide bonds. The Bertz CT molecular complexity index is 368. The van der Waals surface area contributed by atoms with Crippen molar-refractivity contribution in [1.82, 2.24) is 0 Å². The summed E-state index contributed by atoms with van der Waals surface area (Å²) in [5.41, 5.74) is 0. The molecule has 0 aliphatic heterocycles. The van der Waals surface area contributed by atoms with Gasteiger partial charge in [0.25, 0.3) is 0 Å². The van der Waals surface area contributed by atoms with E-state index < -0.39 is 18.4 Å². The number of methoxy groups -OCH3 is 2. The van der Waals surface area contributed by atoms with Crippen molar-refractivity contribution in [3.05, 3.63) is 0 Å². The Hall–Kier alpha value is -0.290. The van der Waals surface area contributed by atoms with E-state index in [1.165, 1.54) is 78.4 Å². The van der Waals surface area contributed by atoms with Crippen LogP contribution in [0.5, 0.6) is 0 Å². The van der Waals surface area contributed by atoms with Crippen molar-refractivity contribution in [2.75, 3.05) is 14.2 Å². The first-order chi connectivity index (χ1) is 14.3. The van der Waals surface area contributed by atoms with Gasteiger partial charge in [-0.1, -0.05) is 104 Å². The maximum Gasteiger partial charge on any atom is 0.389 e. The lowest BCUT2D eigenvalue weighted by Crippen LogP contribution is -2.43. The molecule has 0 aliphatic carbocycles. The number of unbranched alkanes of at least 4 members (excludes halogenated alkanes) is 12. The molecule has 2 nitrogen and oxygen atoms in total. The Morgan fingerprint density at radius 2 is 0.933 bits per heavy atom. The smallest absolute Gasteiger partial charge is 0.353 e. The lowest BCUT2D eigenvalue weighted by atomic mass is 9.84. The van der Waals surface area contributed by atoms with Crippen LogP contribution in [0.25, 0.3) is 0 Å². The van der Waals surface area contributed by atoms with Crippen molar-refractivity contribution in [3.8, 4) is 0 Å². The van der Waals surface area contributed by atoms with Gasteiger partial charge in [-0.2, -0.15) is 13.2 Å². The second-order valence-corrected chi connectivity index (χ2v) is 8.85. The van der Waals surface area contributed by atoms with Crippen LogP contribution in [-0.2, 0) is 9.47 Å². The maximum atomic E-state index is 12.9. The van der Waals surface area contributed by atoms with Gasteiger partial charge in [0.2, 0.25) is 0 Å². The van der Waals surface area contributed by atoms with Gasteiger partial charge < -0.3 is 9.47 Å². The highest BCUT2D eigenvalue weighted by Crippen LogP contribution is 2.38. The molecule has 0 saturated heterocycles. The zero-order valence-corrected chi connectivity index (χ0v) is 20.3. The van der Waals surface area contributed by atoms with Gasteiger partial charge in [-0.15, -0.1) is 0 Å². The quantitative estimate of drug-likeness (QED) is 0.131. The van der Waals surface area contributed by atoms with Crippen LogP contribution < -0.4 is 0 Å². The largest absolute Gasteiger partial charge is 0.389 e. The molecule has 0 radical (unpaired) electrons. The summed E-state index contributed by atoms with van der Waals surface area (Å²) in [5.74, 6) is -1.11. The monoisotopic (exact) mass is 438 g/mol. The fourth-order valence-corrected chi connectivity index (χ4v) is 4.42. The van der Waals surface area contributed by atoms with Crippen molar-refractivity contribution in [2.24, 2.45) is 5.92 Å². The first-order valence-electron chi connectivity index (χ1n) is 12.5. The molecule has 0 aromatic heterocycles. The first kappa shape index (κ1) is 29.7. The molecule has 1 atom stereocenters. The van der Waals surface area contributed by atoms with Gasteiger partial charge in [0, 0.05) is 33.0 Å². The van der Waals surface area contributed by atoms with Crippen molar-refractivity contribution < 1.29 is 22.6 Å². The lowest BCUT2D eigenvalue weighted by Gasteiger charge is -2.39. The fraction of sp³-hybridized carbons (Fsp3) is 1.00. The molecular weight excluding hydrogens is 389 g/mol. The van der Waals surface area contributed by atoms with Crippen LogP contribution in [0.2, 0.25) is 0 Å². The minimum atomic E-state index is -4.19. The van der Waals surface area contributed by atoms with Crippen LogP contribution in [0, 0.1) is 5.92 Å². The first-order valence-corrected chi connectivity index (χ1v) is 12.5. The Kier molecular flexibility index (Phi) is 18.1. The Balaban J connectivity index is 4.68. The van der Waals surface area contributed by atoms with E-state index in [0.29, 0.717) is 0 Å². The predicted molar refractivity (Wildman–Crippen MR) is 121 cm³/mol. The van der Waals surface area contributed by atoms with E-state index in [1.54, 1.807) is 0 Å². The second-order valence-electron chi connectivity index (χ2n) is 8.85. The summed E-state index contributed by atoms with van der Waals surface area (Å²) < 4.78 is 50.0. The summed E-state index contributed by atoms with van der Waals surface area (Å²) in [6.45, 7) is 4.42. The molecule has 0 aromatic rings. The van der Waals surface area contributed by atoms with E-state index in [-0.39, 0.29) is 12.3 Å². The van der Waals surface area contributed by atoms with Crippen molar-refractivity contribution in [1.29, 1.82) is 0 Å². The SMILES string of the molecule is CCCCCCCCCCC(CCCCCCCC)C(CCC(F)(F)F)(OC)OC. The molecule has 0 heterocycles. The van der Waals surface area contributed by atoms with Gasteiger partial charge in [-0.05, 0) is 12.8 Å². The zero-order valence-electron chi connectivity index (χ0n) is 20.3. The molecule has 0 rings (SSSR count). The summed E-state index contributed by atoms with van der Waals surface area (Å²) in [4.78, 5) is 0. The summed E-state index contributed by atoms with van der Waals surface area (Å²) in [5, 5.41) is 0. The summed E-state index contributed by atoms with van der Waals surface area (Å²) >= 11 is 0. The number of alkyl halides is 3. The average Bonchev–Trinajstić information content (AvgIpc) is 2.72. The van der Waals surface area contributed by atoms with Gasteiger partial charge in [0.15, 0.2) is 5.79 Å². The Labute approximate surface area is 184 Å². The van der Waals surface area contributed by atoms with Gasteiger partial charge in [0.05, 0.1) is 0 Å². The highest BCUT2D eigenvalue weighted by atomic mass is 19.4. The highest BCUT2D eigenvalue weighted by molar-refractivity contribution is 4.81. The topological polar surface area (TPSA) is 18.5 Å². The minimum absolute atomic E-state index is 0.0149. The van der Waals surface area contributed by atoms with E-state index in [2.05, 4.69) is 13.8 Å². The van der Waals surface area contributed by atoms with E-state index in [4.69, 9.17) is 9.47 Å². The number of halogens is 3. The third-order valence-electron chi connectivity index (χ3n) is 6.38. The molecule has 0 aromatic carbocycles. The van der Waals surface area contributed by atoms with Gasteiger partial charge in [0.1, 0.15) is 0 Å². The minimum Gasteiger partial charge on any atom is -0.353 e. The highest BCUT2D eigenvalue weighted by Gasteiger charge is 2.42. The third-order valence-corrected chi connectivity index (χ3v) is 6.38. The maximum absolute atomic E-state index is 12.9. The predicted octanol–water partition coefficient (Wildman–Crippen LogP) is 9.22. The Morgan fingerprint density at radius 1 is 0.567 bits per heavy atom. The number of ether oxygens (including phenoxy) is 2. The zero-order chi connectivity index (χ0) is 22.7. The van der Waals surface area contributed by atoms with Crippen LogP contribution >= 0.6 is 0 Å². The van der Waals surface area contributed by atoms with Gasteiger partial charge >= 0.3 is 6.18 Å². The van der Waals surface area contributed by atoms with Crippen LogP contribution in [0.4, 0.5) is 13.2 Å². The molecule has 0 saturated carbocycles. The normalized spacial score (nSPS) is 13.7. The van der Waals surface area contributed by atoms with Crippen LogP contribution in [0.3, 0.4) is 0 Å². The Morgan fingerprint density at radius 3 is 1.27 bits per heavy atom. The van der Waals surface area contributed by atoms with E-state index in [1.807, 2.05) is 0 Å². The third kappa shape index (κ3) is 14.7. The standard InChI is InChI=1S/C25H49F3O2/c1-5-7-9-11-13-14-16-18-20-23(19-17-15-12-10-8-6-2)24(29-3,30-4)21-22-25(26,27)28/h23H,5-22H2,1-4H3. The molecule has 0 spiro atoms. The second kappa shape index (κ2) is 18.3. The molecule has 30 heavy (non-hydrogen) atoms. The lowest BCUT2D eigenvalue weighted by molar-refractivity contribution is -0.260. The molecule has 5 heteroatoms. The van der Waals surface area contributed by atoms with E-state index in [0.717, 1.165) is 38.5 Å². The van der Waals surface area contributed by atoms with Crippen molar-refractivity contribution >= 4 is 0 Å². The number of hydrogen-bond acceptors (Lipinski definition) is 2. The van der Waals surface area contributed by atoms with Crippen molar-refractivity contribution in [2.45, 2.75) is 141 Å². The molecule has 182 valence electrons. The summed E-state index contributed by atoms with van der Waals surface area (Å²) in [6, 6.07) is 0. The molecular formula is C25H49F3O2. The van der Waals surface area contributed by atoms with Gasteiger partial charge in [-0.3, -0.25) is 0 Å². The number of hydrogen-bond donors (Lipinski definition) is 0. The van der Waals surface area contributed by atoms with Crippen LogP contribution in [-0.4, -0.2) is 26.2 Å².